The highest BCUT2D eigenvalue weighted by atomic mass is 79.9. The van der Waals surface area contributed by atoms with Crippen LogP contribution < -0.4 is 11.1 Å². The number of halogens is 2. The van der Waals surface area contributed by atoms with Crippen molar-refractivity contribution in [1.82, 2.24) is 4.98 Å². The Morgan fingerprint density at radius 3 is 2.89 bits per heavy atom. The first-order chi connectivity index (χ1) is 8.97. The molecule has 1 aromatic heterocycles. The number of hydrogen-bond acceptors (Lipinski definition) is 3. The number of rotatable bonds is 2. The fourth-order valence-electron chi connectivity index (χ4n) is 1.56. The highest BCUT2D eigenvalue weighted by Crippen LogP contribution is 2.25. The Bertz CT molecular complexity index is 646. The van der Waals surface area contributed by atoms with Crippen LogP contribution in [0.2, 0.25) is 5.15 Å². The summed E-state index contributed by atoms with van der Waals surface area (Å²) >= 11 is 9.14. The molecular formula is C13H11BrClN3O. The lowest BCUT2D eigenvalue weighted by Crippen LogP contribution is -2.14. The molecule has 4 nitrogen and oxygen atoms in total. The number of hydrogen-bond donors (Lipinski definition) is 2. The summed E-state index contributed by atoms with van der Waals surface area (Å²) in [6, 6.07) is 7.11. The molecular weight excluding hydrogens is 330 g/mol. The van der Waals surface area contributed by atoms with E-state index in [0.29, 0.717) is 11.3 Å². The number of nitrogens with zero attached hydrogens (tertiary/aromatic N) is 1. The zero-order chi connectivity index (χ0) is 14.0. The highest BCUT2D eigenvalue weighted by Gasteiger charge is 2.12. The first kappa shape index (κ1) is 13.8. The minimum atomic E-state index is -0.326. The van der Waals surface area contributed by atoms with E-state index in [2.05, 4.69) is 26.2 Å². The first-order valence-electron chi connectivity index (χ1n) is 5.46. The van der Waals surface area contributed by atoms with E-state index < -0.39 is 0 Å². The third-order valence-corrected chi connectivity index (χ3v) is 3.41. The van der Waals surface area contributed by atoms with Crippen molar-refractivity contribution in [2.75, 3.05) is 11.1 Å². The maximum absolute atomic E-state index is 12.2. The Morgan fingerprint density at radius 1 is 1.42 bits per heavy atom. The SMILES string of the molecule is Cc1ccc(Br)c(NC(=O)c2cc(Cl)ncc2N)c1. The molecule has 0 aliphatic rings. The predicted molar refractivity (Wildman–Crippen MR) is 80.5 cm³/mol. The Balaban J connectivity index is 2.30. The molecule has 0 aliphatic carbocycles. The smallest absolute Gasteiger partial charge is 0.257 e. The van der Waals surface area contributed by atoms with E-state index in [-0.39, 0.29) is 16.7 Å². The summed E-state index contributed by atoms with van der Waals surface area (Å²) in [4.78, 5) is 16.0. The van der Waals surface area contributed by atoms with Crippen molar-refractivity contribution in [2.24, 2.45) is 0 Å². The average Bonchev–Trinajstić information content (AvgIpc) is 2.36. The molecule has 6 heteroatoms. The average molecular weight is 341 g/mol. The van der Waals surface area contributed by atoms with Crippen molar-refractivity contribution in [3.05, 3.63) is 51.2 Å². The summed E-state index contributed by atoms with van der Waals surface area (Å²) in [7, 11) is 0. The lowest BCUT2D eigenvalue weighted by molar-refractivity contribution is 0.102. The molecule has 1 heterocycles. The van der Waals surface area contributed by atoms with E-state index >= 15 is 0 Å². The molecule has 3 N–H and O–H groups in total. The van der Waals surface area contributed by atoms with Crippen molar-refractivity contribution in [1.29, 1.82) is 0 Å². The third-order valence-electron chi connectivity index (χ3n) is 2.52. The molecule has 2 rings (SSSR count). The molecule has 0 saturated carbocycles. The number of anilines is 2. The van der Waals surface area contributed by atoms with E-state index in [1.807, 2.05) is 25.1 Å². The van der Waals surface area contributed by atoms with Gasteiger partial charge in [0.25, 0.3) is 5.91 Å². The van der Waals surface area contributed by atoms with Crippen molar-refractivity contribution in [3.63, 3.8) is 0 Å². The van der Waals surface area contributed by atoms with Crippen molar-refractivity contribution < 1.29 is 4.79 Å². The second-order valence-corrected chi connectivity index (χ2v) is 5.27. The highest BCUT2D eigenvalue weighted by molar-refractivity contribution is 9.10. The lowest BCUT2D eigenvalue weighted by Gasteiger charge is -2.10. The van der Waals surface area contributed by atoms with Crippen LogP contribution in [-0.4, -0.2) is 10.9 Å². The number of carbonyl (C=O) groups excluding carboxylic acids is 1. The van der Waals surface area contributed by atoms with Gasteiger partial charge in [-0.3, -0.25) is 4.79 Å². The van der Waals surface area contributed by atoms with E-state index in [1.165, 1.54) is 12.3 Å². The molecule has 0 saturated heterocycles. The van der Waals surface area contributed by atoms with Gasteiger partial charge in [0.1, 0.15) is 5.15 Å². The maximum Gasteiger partial charge on any atom is 0.257 e. The number of benzene rings is 1. The van der Waals surface area contributed by atoms with Gasteiger partial charge < -0.3 is 11.1 Å². The van der Waals surface area contributed by atoms with Crippen molar-refractivity contribution in [3.8, 4) is 0 Å². The summed E-state index contributed by atoms with van der Waals surface area (Å²) in [5, 5.41) is 3.01. The van der Waals surface area contributed by atoms with Gasteiger partial charge in [-0.05, 0) is 46.6 Å². The normalized spacial score (nSPS) is 10.3. The van der Waals surface area contributed by atoms with E-state index in [0.717, 1.165) is 10.0 Å². The quantitative estimate of drug-likeness (QED) is 0.820. The van der Waals surface area contributed by atoms with E-state index in [9.17, 15) is 4.79 Å². The van der Waals surface area contributed by atoms with Crippen LogP contribution in [-0.2, 0) is 0 Å². The second kappa shape index (κ2) is 5.59. The molecule has 0 aliphatic heterocycles. The van der Waals surface area contributed by atoms with Crippen LogP contribution in [0.5, 0.6) is 0 Å². The molecule has 1 amide bonds. The molecule has 0 unspecified atom stereocenters. The molecule has 0 fully saturated rings. The molecule has 2 aromatic rings. The monoisotopic (exact) mass is 339 g/mol. The van der Waals surface area contributed by atoms with Gasteiger partial charge in [0, 0.05) is 4.47 Å². The Morgan fingerprint density at radius 2 is 2.16 bits per heavy atom. The zero-order valence-corrected chi connectivity index (χ0v) is 12.4. The molecule has 19 heavy (non-hydrogen) atoms. The van der Waals surface area contributed by atoms with Gasteiger partial charge >= 0.3 is 0 Å². The standard InChI is InChI=1S/C13H11BrClN3O/c1-7-2-3-9(14)11(4-7)18-13(19)8-5-12(15)17-6-10(8)16/h2-6H,16H2,1H3,(H,18,19). The van der Waals surface area contributed by atoms with Crippen molar-refractivity contribution >= 4 is 44.8 Å². The van der Waals surface area contributed by atoms with E-state index in [4.69, 9.17) is 17.3 Å². The molecule has 0 bridgehead atoms. The fraction of sp³-hybridized carbons (Fsp3) is 0.0769. The number of aryl methyl sites for hydroxylation is 1. The van der Waals surface area contributed by atoms with Crippen LogP contribution in [0.25, 0.3) is 0 Å². The summed E-state index contributed by atoms with van der Waals surface area (Å²) in [5.74, 6) is -0.326. The minimum absolute atomic E-state index is 0.225. The first-order valence-corrected chi connectivity index (χ1v) is 6.63. The topological polar surface area (TPSA) is 68.0 Å². The van der Waals surface area contributed by atoms with Gasteiger partial charge in [0.05, 0.1) is 23.1 Å². The second-order valence-electron chi connectivity index (χ2n) is 4.03. The van der Waals surface area contributed by atoms with Gasteiger partial charge in [-0.1, -0.05) is 17.7 Å². The molecule has 0 spiro atoms. The minimum Gasteiger partial charge on any atom is -0.397 e. The van der Waals surface area contributed by atoms with Crippen LogP contribution in [0, 0.1) is 6.92 Å². The number of amides is 1. The number of nitrogens with two attached hydrogens (primary N) is 1. The summed E-state index contributed by atoms with van der Waals surface area (Å²) in [6.45, 7) is 1.94. The summed E-state index contributed by atoms with van der Waals surface area (Å²) < 4.78 is 0.796. The van der Waals surface area contributed by atoms with Gasteiger partial charge in [0.2, 0.25) is 0 Å². The van der Waals surface area contributed by atoms with Gasteiger partial charge in [-0.25, -0.2) is 4.98 Å². The largest absolute Gasteiger partial charge is 0.397 e. The van der Waals surface area contributed by atoms with E-state index in [1.54, 1.807) is 0 Å². The van der Waals surface area contributed by atoms with Gasteiger partial charge in [0.15, 0.2) is 0 Å². The number of nitrogens with one attached hydrogen (secondary N) is 1. The molecule has 1 aromatic carbocycles. The molecule has 0 atom stereocenters. The van der Waals surface area contributed by atoms with Gasteiger partial charge in [-0.15, -0.1) is 0 Å². The lowest BCUT2D eigenvalue weighted by atomic mass is 10.2. The maximum atomic E-state index is 12.2. The van der Waals surface area contributed by atoms with Crippen LogP contribution in [0.1, 0.15) is 15.9 Å². The van der Waals surface area contributed by atoms with Crippen LogP contribution in [0.4, 0.5) is 11.4 Å². The predicted octanol–water partition coefficient (Wildman–Crippen LogP) is 3.64. The summed E-state index contributed by atoms with van der Waals surface area (Å²) in [5.41, 5.74) is 8.02. The fourth-order valence-corrected chi connectivity index (χ4v) is 2.07. The number of aromatic nitrogens is 1. The summed E-state index contributed by atoms with van der Waals surface area (Å²) in [6.07, 6.45) is 1.36. The zero-order valence-electron chi connectivity index (χ0n) is 10.1. The van der Waals surface area contributed by atoms with Crippen LogP contribution in [0.3, 0.4) is 0 Å². The number of pyridine rings is 1. The Labute approximate surface area is 124 Å². The molecule has 98 valence electrons. The van der Waals surface area contributed by atoms with Gasteiger partial charge in [-0.2, -0.15) is 0 Å². The Kier molecular flexibility index (Phi) is 4.07. The Hall–Kier alpha value is -1.59. The number of carbonyl (C=O) groups is 1. The third kappa shape index (κ3) is 3.24. The van der Waals surface area contributed by atoms with Crippen LogP contribution >= 0.6 is 27.5 Å². The van der Waals surface area contributed by atoms with Crippen LogP contribution in [0.15, 0.2) is 34.9 Å². The number of nitrogen functional groups attached to an aromatic ring is 1. The molecule has 0 radical (unpaired) electrons. The van der Waals surface area contributed by atoms with Crippen molar-refractivity contribution in [2.45, 2.75) is 6.92 Å².